The lowest BCUT2D eigenvalue weighted by Crippen LogP contribution is -2.44. The third-order valence-electron chi connectivity index (χ3n) is 3.96. The molecule has 2 rings (SSSR count). The molecular formula is C17H23BrClN3O2. The molecule has 0 unspecified atom stereocenters. The van der Waals surface area contributed by atoms with Gasteiger partial charge in [-0.2, -0.15) is 0 Å². The summed E-state index contributed by atoms with van der Waals surface area (Å²) < 4.78 is 0.868. The van der Waals surface area contributed by atoms with E-state index in [1.165, 1.54) is 0 Å². The van der Waals surface area contributed by atoms with Gasteiger partial charge in [0.1, 0.15) is 0 Å². The molecule has 24 heavy (non-hydrogen) atoms. The van der Waals surface area contributed by atoms with Crippen molar-refractivity contribution in [2.45, 2.75) is 32.7 Å². The van der Waals surface area contributed by atoms with Gasteiger partial charge in [0.2, 0.25) is 11.8 Å². The minimum Gasteiger partial charge on any atom is -0.354 e. The number of piperidine rings is 1. The van der Waals surface area contributed by atoms with Crippen molar-refractivity contribution in [2.75, 3.05) is 25.0 Å². The highest BCUT2D eigenvalue weighted by Gasteiger charge is 2.26. The van der Waals surface area contributed by atoms with E-state index in [1.807, 2.05) is 19.9 Å². The molecule has 0 radical (unpaired) electrons. The molecule has 1 aromatic rings. The molecule has 0 aliphatic carbocycles. The predicted molar refractivity (Wildman–Crippen MR) is 100 cm³/mol. The fraction of sp³-hybridized carbons (Fsp3) is 0.529. The summed E-state index contributed by atoms with van der Waals surface area (Å²) >= 11 is 9.45. The van der Waals surface area contributed by atoms with Crippen LogP contribution in [0.25, 0.3) is 0 Å². The first-order chi connectivity index (χ1) is 11.3. The van der Waals surface area contributed by atoms with Gasteiger partial charge in [-0.05, 0) is 58.0 Å². The molecule has 0 atom stereocenters. The zero-order valence-corrected chi connectivity index (χ0v) is 16.3. The standard InChI is InChI=1S/C17H23BrClN3O2/c1-11(2)20-17(24)12-5-7-22(8-6-12)10-16(23)21-15-4-3-13(18)9-14(15)19/h3-4,9,11-12H,5-8,10H2,1-2H3,(H,20,24)(H,21,23). The Morgan fingerprint density at radius 3 is 2.58 bits per heavy atom. The first kappa shape index (κ1) is 19.2. The summed E-state index contributed by atoms with van der Waals surface area (Å²) in [4.78, 5) is 26.3. The second kappa shape index (κ2) is 8.83. The first-order valence-corrected chi connectivity index (χ1v) is 9.30. The summed E-state index contributed by atoms with van der Waals surface area (Å²) in [5.74, 6) is 0.0766. The summed E-state index contributed by atoms with van der Waals surface area (Å²) in [5.41, 5.74) is 0.607. The highest BCUT2D eigenvalue weighted by molar-refractivity contribution is 9.10. The van der Waals surface area contributed by atoms with Crippen LogP contribution in [0.3, 0.4) is 0 Å². The van der Waals surface area contributed by atoms with Crippen LogP contribution in [0.5, 0.6) is 0 Å². The van der Waals surface area contributed by atoms with E-state index in [-0.39, 0.29) is 23.8 Å². The van der Waals surface area contributed by atoms with E-state index in [0.717, 1.165) is 30.4 Å². The molecule has 0 spiro atoms. The first-order valence-electron chi connectivity index (χ1n) is 8.13. The van der Waals surface area contributed by atoms with Gasteiger partial charge in [0.25, 0.3) is 0 Å². The van der Waals surface area contributed by atoms with Crippen LogP contribution in [0, 0.1) is 5.92 Å². The van der Waals surface area contributed by atoms with Gasteiger partial charge >= 0.3 is 0 Å². The van der Waals surface area contributed by atoms with Crippen molar-refractivity contribution in [1.82, 2.24) is 10.2 Å². The number of likely N-dealkylation sites (tertiary alicyclic amines) is 1. The number of nitrogens with zero attached hydrogens (tertiary/aromatic N) is 1. The van der Waals surface area contributed by atoms with Crippen LogP contribution >= 0.6 is 27.5 Å². The number of hydrogen-bond acceptors (Lipinski definition) is 3. The minimum atomic E-state index is -0.0932. The monoisotopic (exact) mass is 415 g/mol. The predicted octanol–water partition coefficient (Wildman–Crippen LogP) is 3.28. The molecule has 1 aliphatic heterocycles. The molecule has 132 valence electrons. The van der Waals surface area contributed by atoms with E-state index in [1.54, 1.807) is 12.1 Å². The van der Waals surface area contributed by atoms with Crippen molar-refractivity contribution in [3.8, 4) is 0 Å². The Hall–Kier alpha value is -1.11. The molecule has 0 aromatic heterocycles. The van der Waals surface area contributed by atoms with Crippen molar-refractivity contribution in [3.05, 3.63) is 27.7 Å². The number of anilines is 1. The molecule has 0 bridgehead atoms. The van der Waals surface area contributed by atoms with Crippen molar-refractivity contribution >= 4 is 45.0 Å². The number of carbonyl (C=O) groups is 2. The van der Waals surface area contributed by atoms with Gasteiger partial charge in [-0.3, -0.25) is 14.5 Å². The second-order valence-electron chi connectivity index (χ2n) is 6.39. The average molecular weight is 417 g/mol. The van der Waals surface area contributed by atoms with Crippen molar-refractivity contribution in [3.63, 3.8) is 0 Å². The van der Waals surface area contributed by atoms with E-state index in [4.69, 9.17) is 11.6 Å². The summed E-state index contributed by atoms with van der Waals surface area (Å²) in [6, 6.07) is 5.51. The molecule has 1 heterocycles. The zero-order valence-electron chi connectivity index (χ0n) is 13.9. The third-order valence-corrected chi connectivity index (χ3v) is 4.77. The van der Waals surface area contributed by atoms with E-state index in [2.05, 4.69) is 31.5 Å². The molecule has 7 heteroatoms. The van der Waals surface area contributed by atoms with Crippen molar-refractivity contribution in [1.29, 1.82) is 0 Å². The second-order valence-corrected chi connectivity index (χ2v) is 7.71. The van der Waals surface area contributed by atoms with Crippen LogP contribution in [0.15, 0.2) is 22.7 Å². The molecule has 1 aliphatic rings. The number of amides is 2. The lowest BCUT2D eigenvalue weighted by Gasteiger charge is -2.31. The van der Waals surface area contributed by atoms with E-state index in [9.17, 15) is 9.59 Å². The summed E-state index contributed by atoms with van der Waals surface area (Å²) in [5, 5.41) is 6.29. The quantitative estimate of drug-likeness (QED) is 0.774. The Kier molecular flexibility index (Phi) is 7.07. The lowest BCUT2D eigenvalue weighted by molar-refractivity contribution is -0.127. The molecule has 1 aromatic carbocycles. The summed E-state index contributed by atoms with van der Waals surface area (Å²) in [6.07, 6.45) is 1.57. The Bertz CT molecular complexity index is 601. The summed E-state index contributed by atoms with van der Waals surface area (Å²) in [6.45, 7) is 5.73. The maximum atomic E-state index is 12.2. The van der Waals surface area contributed by atoms with E-state index in [0.29, 0.717) is 17.3 Å². The Balaban J connectivity index is 1.79. The molecule has 5 nitrogen and oxygen atoms in total. The maximum absolute atomic E-state index is 12.2. The van der Waals surface area contributed by atoms with Gasteiger partial charge in [-0.1, -0.05) is 27.5 Å². The van der Waals surface area contributed by atoms with Gasteiger partial charge in [0.05, 0.1) is 17.3 Å². The Morgan fingerprint density at radius 1 is 1.33 bits per heavy atom. The highest BCUT2D eigenvalue weighted by atomic mass is 79.9. The SMILES string of the molecule is CC(C)NC(=O)C1CCN(CC(=O)Nc2ccc(Br)cc2Cl)CC1. The number of benzene rings is 1. The lowest BCUT2D eigenvalue weighted by atomic mass is 9.95. The van der Waals surface area contributed by atoms with E-state index < -0.39 is 0 Å². The number of nitrogens with one attached hydrogen (secondary N) is 2. The molecule has 1 saturated heterocycles. The fourth-order valence-electron chi connectivity index (χ4n) is 2.74. The fourth-order valence-corrected chi connectivity index (χ4v) is 3.46. The van der Waals surface area contributed by atoms with E-state index >= 15 is 0 Å². The molecule has 1 fully saturated rings. The smallest absolute Gasteiger partial charge is 0.238 e. The van der Waals surface area contributed by atoms with Crippen LogP contribution in [-0.2, 0) is 9.59 Å². The van der Waals surface area contributed by atoms with Crippen LogP contribution in [0.4, 0.5) is 5.69 Å². The molecule has 0 saturated carbocycles. The van der Waals surface area contributed by atoms with Gasteiger partial charge in [-0.25, -0.2) is 0 Å². The number of carbonyl (C=O) groups excluding carboxylic acids is 2. The molecule has 2 amide bonds. The molecule has 2 N–H and O–H groups in total. The van der Waals surface area contributed by atoms with Crippen LogP contribution in [0.1, 0.15) is 26.7 Å². The van der Waals surface area contributed by atoms with Crippen LogP contribution in [0.2, 0.25) is 5.02 Å². The summed E-state index contributed by atoms with van der Waals surface area (Å²) in [7, 11) is 0. The number of hydrogen-bond donors (Lipinski definition) is 2. The Labute approximate surface area is 156 Å². The third kappa shape index (κ3) is 5.76. The van der Waals surface area contributed by atoms with Crippen LogP contribution < -0.4 is 10.6 Å². The maximum Gasteiger partial charge on any atom is 0.238 e. The van der Waals surface area contributed by atoms with Crippen molar-refractivity contribution < 1.29 is 9.59 Å². The molecular weight excluding hydrogens is 394 g/mol. The van der Waals surface area contributed by atoms with Gasteiger partial charge in [-0.15, -0.1) is 0 Å². The van der Waals surface area contributed by atoms with Gasteiger partial charge in [0, 0.05) is 16.4 Å². The largest absolute Gasteiger partial charge is 0.354 e. The zero-order chi connectivity index (χ0) is 17.7. The topological polar surface area (TPSA) is 61.4 Å². The van der Waals surface area contributed by atoms with Crippen LogP contribution in [-0.4, -0.2) is 42.4 Å². The van der Waals surface area contributed by atoms with Gasteiger partial charge in [0.15, 0.2) is 0 Å². The highest BCUT2D eigenvalue weighted by Crippen LogP contribution is 2.25. The van der Waals surface area contributed by atoms with Crippen molar-refractivity contribution in [2.24, 2.45) is 5.92 Å². The number of rotatable bonds is 5. The normalized spacial score (nSPS) is 16.2. The van der Waals surface area contributed by atoms with Gasteiger partial charge < -0.3 is 10.6 Å². The average Bonchev–Trinajstić information content (AvgIpc) is 2.50. The minimum absolute atomic E-state index is 0.0487. The number of halogens is 2. The Morgan fingerprint density at radius 2 is 2.00 bits per heavy atom.